The molecule has 0 radical (unpaired) electrons. The van der Waals surface area contributed by atoms with Gasteiger partial charge in [0.2, 0.25) is 0 Å². The van der Waals surface area contributed by atoms with Crippen molar-refractivity contribution in [3.8, 4) is 0 Å². The van der Waals surface area contributed by atoms with Crippen molar-refractivity contribution in [1.29, 1.82) is 0 Å². The third-order valence-corrected chi connectivity index (χ3v) is 2.02. The quantitative estimate of drug-likeness (QED) is 0.443. The van der Waals surface area contributed by atoms with Crippen LogP contribution in [0.2, 0.25) is 0 Å². The van der Waals surface area contributed by atoms with Gasteiger partial charge in [0.1, 0.15) is 5.71 Å². The lowest BCUT2D eigenvalue weighted by atomic mass is 10.1. The number of fused-ring (bicyclic) bond motifs is 1. The van der Waals surface area contributed by atoms with Gasteiger partial charge in [0.25, 0.3) is 0 Å². The lowest BCUT2D eigenvalue weighted by Gasteiger charge is -1.94. The van der Waals surface area contributed by atoms with E-state index in [0.717, 1.165) is 11.1 Å². The summed E-state index contributed by atoms with van der Waals surface area (Å²) in [6.07, 6.45) is 0.437. The first-order valence-electron chi connectivity index (χ1n) is 3.72. The fourth-order valence-corrected chi connectivity index (χ4v) is 1.45. The van der Waals surface area contributed by atoms with Crippen LogP contribution in [-0.2, 0) is 11.2 Å². The zero-order valence-electron chi connectivity index (χ0n) is 6.45. The van der Waals surface area contributed by atoms with Crippen LogP contribution in [-0.4, -0.2) is 11.5 Å². The molecule has 1 aromatic carbocycles. The third-order valence-electron chi connectivity index (χ3n) is 2.02. The molecule has 3 nitrogen and oxygen atoms in total. The first-order chi connectivity index (χ1) is 5.83. The van der Waals surface area contributed by atoms with Gasteiger partial charge in [-0.1, -0.05) is 24.3 Å². The van der Waals surface area contributed by atoms with E-state index in [1.165, 1.54) is 0 Å². The second-order valence-corrected chi connectivity index (χ2v) is 2.73. The molecule has 2 rings (SSSR count). The first kappa shape index (κ1) is 7.03. The predicted molar refractivity (Wildman–Crippen MR) is 45.9 cm³/mol. The van der Waals surface area contributed by atoms with Gasteiger partial charge in [0.15, 0.2) is 5.78 Å². The molecule has 0 heterocycles. The number of hydrogen-bond donors (Lipinski definition) is 1. The van der Waals surface area contributed by atoms with Crippen LogP contribution in [0.15, 0.2) is 29.4 Å². The molecule has 0 spiro atoms. The van der Waals surface area contributed by atoms with Crippen molar-refractivity contribution < 1.29 is 4.79 Å². The van der Waals surface area contributed by atoms with Crippen molar-refractivity contribution in [2.24, 2.45) is 10.9 Å². The van der Waals surface area contributed by atoms with E-state index in [2.05, 4.69) is 5.10 Å². The largest absolute Gasteiger partial charge is 0.323 e. The van der Waals surface area contributed by atoms with Gasteiger partial charge in [-0.05, 0) is 5.56 Å². The maximum atomic E-state index is 11.3. The number of carbonyl (C=O) groups excluding carboxylic acids is 1. The Kier molecular flexibility index (Phi) is 1.43. The van der Waals surface area contributed by atoms with Gasteiger partial charge >= 0.3 is 0 Å². The lowest BCUT2D eigenvalue weighted by molar-refractivity contribution is -0.112. The van der Waals surface area contributed by atoms with Gasteiger partial charge in [0.05, 0.1) is 0 Å². The summed E-state index contributed by atoms with van der Waals surface area (Å²) in [5, 5.41) is 3.48. The Hall–Kier alpha value is -1.64. The topological polar surface area (TPSA) is 55.4 Å². The van der Waals surface area contributed by atoms with Crippen LogP contribution in [0.25, 0.3) is 0 Å². The average molecular weight is 160 g/mol. The van der Waals surface area contributed by atoms with E-state index in [1.807, 2.05) is 24.3 Å². The summed E-state index contributed by atoms with van der Waals surface area (Å²) in [5.41, 5.74) is 2.31. The highest BCUT2D eigenvalue weighted by atomic mass is 16.1. The molecule has 0 fully saturated rings. The highest BCUT2D eigenvalue weighted by Gasteiger charge is 2.24. The van der Waals surface area contributed by atoms with Gasteiger partial charge in [-0.15, -0.1) is 0 Å². The molecule has 1 aliphatic carbocycles. The number of hydrazone groups is 1. The summed E-state index contributed by atoms with van der Waals surface area (Å²) in [4.78, 5) is 11.3. The fraction of sp³-hybridized carbons (Fsp3) is 0.111. The van der Waals surface area contributed by atoms with Crippen LogP contribution in [0.3, 0.4) is 0 Å². The molecule has 0 saturated heterocycles. The molecule has 60 valence electrons. The Bertz CT molecular complexity index is 369. The molecular weight excluding hydrogens is 152 g/mol. The standard InChI is InChI=1S/C9H8N2O/c10-11-9-7-4-2-1-3-6(7)5-8(9)12/h1-4H,5,10H2/b11-9+. The Morgan fingerprint density at radius 1 is 1.33 bits per heavy atom. The normalized spacial score (nSPS) is 18.3. The summed E-state index contributed by atoms with van der Waals surface area (Å²) in [7, 11) is 0. The van der Waals surface area contributed by atoms with Gasteiger partial charge in [0, 0.05) is 12.0 Å². The number of rotatable bonds is 0. The van der Waals surface area contributed by atoms with Crippen LogP contribution in [0.4, 0.5) is 0 Å². The molecular formula is C9H8N2O. The molecule has 0 atom stereocenters. The average Bonchev–Trinajstić information content (AvgIpc) is 2.40. The minimum atomic E-state index is 0.0127. The van der Waals surface area contributed by atoms with Crippen molar-refractivity contribution in [3.05, 3.63) is 35.4 Å². The Morgan fingerprint density at radius 3 is 2.83 bits per heavy atom. The number of ketones is 1. The molecule has 0 saturated carbocycles. The number of nitrogens with two attached hydrogens (primary N) is 1. The smallest absolute Gasteiger partial charge is 0.187 e. The number of benzene rings is 1. The highest BCUT2D eigenvalue weighted by Crippen LogP contribution is 2.18. The van der Waals surface area contributed by atoms with Crippen LogP contribution < -0.4 is 5.84 Å². The van der Waals surface area contributed by atoms with Crippen LogP contribution >= 0.6 is 0 Å². The molecule has 0 amide bonds. The van der Waals surface area contributed by atoms with E-state index >= 15 is 0 Å². The zero-order chi connectivity index (χ0) is 8.55. The number of Topliss-reactive ketones (excluding diaryl/α,β-unsaturated/α-hetero) is 1. The van der Waals surface area contributed by atoms with Crippen molar-refractivity contribution in [2.45, 2.75) is 6.42 Å². The maximum Gasteiger partial charge on any atom is 0.187 e. The molecule has 1 aromatic rings. The molecule has 0 bridgehead atoms. The van der Waals surface area contributed by atoms with E-state index in [9.17, 15) is 4.79 Å². The van der Waals surface area contributed by atoms with Crippen LogP contribution in [0.5, 0.6) is 0 Å². The number of hydrogen-bond acceptors (Lipinski definition) is 3. The highest BCUT2D eigenvalue weighted by molar-refractivity contribution is 6.49. The lowest BCUT2D eigenvalue weighted by Crippen LogP contribution is -2.10. The monoisotopic (exact) mass is 160 g/mol. The van der Waals surface area contributed by atoms with Gasteiger partial charge in [-0.2, -0.15) is 5.10 Å². The number of carbonyl (C=O) groups is 1. The third kappa shape index (κ3) is 0.830. The van der Waals surface area contributed by atoms with Crippen molar-refractivity contribution in [1.82, 2.24) is 0 Å². The minimum absolute atomic E-state index is 0.0127. The summed E-state index contributed by atoms with van der Waals surface area (Å²) < 4.78 is 0. The predicted octanol–water partition coefficient (Wildman–Crippen LogP) is 0.475. The Labute approximate surface area is 69.9 Å². The molecule has 12 heavy (non-hydrogen) atoms. The van der Waals surface area contributed by atoms with Crippen LogP contribution in [0, 0.1) is 0 Å². The van der Waals surface area contributed by atoms with Gasteiger partial charge in [-0.25, -0.2) is 0 Å². The second-order valence-electron chi connectivity index (χ2n) is 2.73. The summed E-state index contributed by atoms with van der Waals surface area (Å²) in [6.45, 7) is 0. The summed E-state index contributed by atoms with van der Waals surface area (Å²) in [5.74, 6) is 5.12. The van der Waals surface area contributed by atoms with E-state index < -0.39 is 0 Å². The van der Waals surface area contributed by atoms with Crippen molar-refractivity contribution in [3.63, 3.8) is 0 Å². The molecule has 0 aromatic heterocycles. The molecule has 2 N–H and O–H groups in total. The summed E-state index contributed by atoms with van der Waals surface area (Å²) >= 11 is 0. The van der Waals surface area contributed by atoms with E-state index in [4.69, 9.17) is 5.84 Å². The Balaban J connectivity index is 2.62. The van der Waals surface area contributed by atoms with E-state index in [1.54, 1.807) is 0 Å². The maximum absolute atomic E-state index is 11.3. The molecule has 0 aliphatic heterocycles. The minimum Gasteiger partial charge on any atom is -0.323 e. The van der Waals surface area contributed by atoms with Crippen molar-refractivity contribution >= 4 is 11.5 Å². The van der Waals surface area contributed by atoms with E-state index in [-0.39, 0.29) is 5.78 Å². The van der Waals surface area contributed by atoms with E-state index in [0.29, 0.717) is 12.1 Å². The van der Waals surface area contributed by atoms with Crippen molar-refractivity contribution in [2.75, 3.05) is 0 Å². The van der Waals surface area contributed by atoms with Crippen LogP contribution in [0.1, 0.15) is 11.1 Å². The SMILES string of the molecule is N/N=C1/C(=O)Cc2ccccc21. The zero-order valence-corrected chi connectivity index (χ0v) is 6.45. The first-order valence-corrected chi connectivity index (χ1v) is 3.72. The molecule has 0 unspecified atom stereocenters. The Morgan fingerprint density at radius 2 is 2.08 bits per heavy atom. The summed E-state index contributed by atoms with van der Waals surface area (Å²) in [6, 6.07) is 7.57. The molecule has 1 aliphatic rings. The molecule has 3 heteroatoms. The number of nitrogens with zero attached hydrogens (tertiary/aromatic N) is 1. The van der Waals surface area contributed by atoms with Gasteiger partial charge in [-0.3, -0.25) is 4.79 Å². The fourth-order valence-electron chi connectivity index (χ4n) is 1.45. The second kappa shape index (κ2) is 2.44. The van der Waals surface area contributed by atoms with Gasteiger partial charge < -0.3 is 5.84 Å².